The fourth-order valence-electron chi connectivity index (χ4n) is 0.736. The van der Waals surface area contributed by atoms with Gasteiger partial charge in [-0.2, -0.15) is 13.2 Å². The van der Waals surface area contributed by atoms with Gasteiger partial charge in [-0.25, -0.2) is 4.98 Å². The molecule has 0 saturated heterocycles. The lowest BCUT2D eigenvalue weighted by Crippen LogP contribution is -2.11. The number of alkyl halides is 3. The summed E-state index contributed by atoms with van der Waals surface area (Å²) in [6.07, 6.45) is -3.60. The highest BCUT2D eigenvalue weighted by Gasteiger charge is 2.34. The van der Waals surface area contributed by atoms with Crippen molar-refractivity contribution in [1.29, 1.82) is 0 Å². The molecule has 0 amide bonds. The highest BCUT2D eigenvalue weighted by atomic mass is 19.4. The number of nitrogens with zero attached hydrogens (tertiary/aromatic N) is 1. The Kier molecular flexibility index (Phi) is 1.83. The first-order valence-corrected chi connectivity index (χ1v) is 2.99. The van der Waals surface area contributed by atoms with Gasteiger partial charge in [-0.1, -0.05) is 0 Å². The van der Waals surface area contributed by atoms with E-state index in [0.29, 0.717) is 0 Å². The molecule has 0 aromatic carbocycles. The van der Waals surface area contributed by atoms with Gasteiger partial charge in [0, 0.05) is 0 Å². The van der Waals surface area contributed by atoms with Crippen LogP contribution in [-0.2, 0) is 6.18 Å². The van der Waals surface area contributed by atoms with E-state index in [9.17, 15) is 13.2 Å². The summed E-state index contributed by atoms with van der Waals surface area (Å²) in [5.41, 5.74) is 8.76. The minimum Gasteiger partial charge on any atom is -0.397 e. The number of nitrogens with two attached hydrogens (primary N) is 2. The number of anilines is 2. The number of nitrogen functional groups attached to an aromatic ring is 2. The largest absolute Gasteiger partial charge is 0.435 e. The van der Waals surface area contributed by atoms with Crippen molar-refractivity contribution in [3.05, 3.63) is 18.0 Å². The van der Waals surface area contributed by atoms with Gasteiger partial charge >= 0.3 is 6.18 Å². The summed E-state index contributed by atoms with van der Waals surface area (Å²) in [5, 5.41) is 0. The van der Waals surface area contributed by atoms with Crippen molar-refractivity contribution in [3.63, 3.8) is 0 Å². The molecule has 0 unspecified atom stereocenters. The van der Waals surface area contributed by atoms with Gasteiger partial charge in [0.15, 0.2) is 5.69 Å². The lowest BCUT2D eigenvalue weighted by atomic mass is 10.3. The van der Waals surface area contributed by atoms with Crippen LogP contribution in [0.5, 0.6) is 0 Å². The fraction of sp³-hybridized carbons (Fsp3) is 0.167. The number of hydrogen-bond acceptors (Lipinski definition) is 3. The summed E-state index contributed by atoms with van der Waals surface area (Å²) in [7, 11) is 0. The van der Waals surface area contributed by atoms with Crippen LogP contribution in [0.15, 0.2) is 12.3 Å². The van der Waals surface area contributed by atoms with Crippen LogP contribution in [0.4, 0.5) is 24.5 Å². The molecule has 12 heavy (non-hydrogen) atoms. The second kappa shape index (κ2) is 2.54. The highest BCUT2D eigenvalue weighted by molar-refractivity contribution is 5.53. The Labute approximate surface area is 66.2 Å². The monoisotopic (exact) mass is 177 g/mol. The van der Waals surface area contributed by atoms with E-state index in [-0.39, 0.29) is 5.69 Å². The molecule has 0 aliphatic heterocycles. The molecular formula is C6H6F3N3. The van der Waals surface area contributed by atoms with Gasteiger partial charge in [0.25, 0.3) is 0 Å². The lowest BCUT2D eigenvalue weighted by Gasteiger charge is -2.07. The van der Waals surface area contributed by atoms with Crippen LogP contribution >= 0.6 is 0 Å². The molecule has 0 radical (unpaired) electrons. The molecule has 3 nitrogen and oxygen atoms in total. The van der Waals surface area contributed by atoms with E-state index < -0.39 is 17.6 Å². The summed E-state index contributed by atoms with van der Waals surface area (Å²) in [6.45, 7) is 0. The number of hydrogen-bond donors (Lipinski definition) is 2. The molecule has 66 valence electrons. The third kappa shape index (κ3) is 1.58. The molecule has 0 bridgehead atoms. The maximum absolute atomic E-state index is 12.0. The summed E-state index contributed by atoms with van der Waals surface area (Å²) in [5.74, 6) is 0. The second-order valence-electron chi connectivity index (χ2n) is 2.20. The fourth-order valence-corrected chi connectivity index (χ4v) is 0.736. The Bertz CT molecular complexity index is 295. The number of pyridine rings is 1. The van der Waals surface area contributed by atoms with E-state index in [2.05, 4.69) is 4.98 Å². The smallest absolute Gasteiger partial charge is 0.397 e. The van der Waals surface area contributed by atoms with Gasteiger partial charge in [-0.15, -0.1) is 0 Å². The zero-order chi connectivity index (χ0) is 9.35. The number of rotatable bonds is 0. The topological polar surface area (TPSA) is 64.9 Å². The standard InChI is InChI=1S/C6H6F3N3/c7-6(8,9)5-4(11)1-3(10)2-12-5/h1-2H,10-11H2. The van der Waals surface area contributed by atoms with Gasteiger partial charge in [-0.05, 0) is 6.07 Å². The average Bonchev–Trinajstić information content (AvgIpc) is 1.83. The Balaban J connectivity index is 3.19. The molecule has 0 fully saturated rings. The summed E-state index contributed by atoms with van der Waals surface area (Å²) < 4.78 is 36.0. The van der Waals surface area contributed by atoms with E-state index in [1.807, 2.05) is 0 Å². The molecule has 6 heteroatoms. The predicted octanol–water partition coefficient (Wildman–Crippen LogP) is 1.26. The van der Waals surface area contributed by atoms with Crippen LogP contribution in [-0.4, -0.2) is 4.98 Å². The molecule has 0 atom stereocenters. The first kappa shape index (κ1) is 8.63. The van der Waals surface area contributed by atoms with Crippen molar-refractivity contribution in [2.45, 2.75) is 6.18 Å². The Hall–Kier alpha value is -1.46. The van der Waals surface area contributed by atoms with Crippen molar-refractivity contribution in [2.75, 3.05) is 11.5 Å². The molecule has 0 saturated carbocycles. The van der Waals surface area contributed by atoms with Crippen LogP contribution in [0.3, 0.4) is 0 Å². The Morgan fingerprint density at radius 2 is 1.83 bits per heavy atom. The average molecular weight is 177 g/mol. The van der Waals surface area contributed by atoms with Crippen molar-refractivity contribution in [1.82, 2.24) is 4.98 Å². The third-order valence-electron chi connectivity index (χ3n) is 1.21. The molecule has 1 rings (SSSR count). The van der Waals surface area contributed by atoms with Crippen LogP contribution < -0.4 is 11.5 Å². The van der Waals surface area contributed by atoms with Crippen LogP contribution in [0.2, 0.25) is 0 Å². The lowest BCUT2D eigenvalue weighted by molar-refractivity contribution is -0.140. The summed E-state index contributed by atoms with van der Waals surface area (Å²) >= 11 is 0. The summed E-state index contributed by atoms with van der Waals surface area (Å²) in [6, 6.07) is 1.02. The Morgan fingerprint density at radius 1 is 1.25 bits per heavy atom. The maximum Gasteiger partial charge on any atom is 0.435 e. The molecule has 0 spiro atoms. The van der Waals surface area contributed by atoms with E-state index in [1.54, 1.807) is 0 Å². The van der Waals surface area contributed by atoms with Crippen LogP contribution in [0.1, 0.15) is 5.69 Å². The first-order chi connectivity index (χ1) is 5.41. The molecule has 0 aliphatic rings. The number of aromatic nitrogens is 1. The van der Waals surface area contributed by atoms with Crippen LogP contribution in [0.25, 0.3) is 0 Å². The predicted molar refractivity (Wildman–Crippen MR) is 38.1 cm³/mol. The van der Waals surface area contributed by atoms with E-state index >= 15 is 0 Å². The molecular weight excluding hydrogens is 171 g/mol. The molecule has 1 aromatic heterocycles. The zero-order valence-electron chi connectivity index (χ0n) is 5.89. The van der Waals surface area contributed by atoms with Gasteiger partial charge in [0.2, 0.25) is 0 Å². The molecule has 4 N–H and O–H groups in total. The second-order valence-corrected chi connectivity index (χ2v) is 2.20. The van der Waals surface area contributed by atoms with Gasteiger partial charge < -0.3 is 11.5 Å². The van der Waals surface area contributed by atoms with Crippen molar-refractivity contribution >= 4 is 11.4 Å². The van der Waals surface area contributed by atoms with E-state index in [0.717, 1.165) is 12.3 Å². The molecule has 1 heterocycles. The van der Waals surface area contributed by atoms with Crippen molar-refractivity contribution in [3.8, 4) is 0 Å². The van der Waals surface area contributed by atoms with Gasteiger partial charge in [-0.3, -0.25) is 0 Å². The number of halogens is 3. The van der Waals surface area contributed by atoms with Gasteiger partial charge in [0.05, 0.1) is 17.6 Å². The Morgan fingerprint density at radius 3 is 2.25 bits per heavy atom. The highest BCUT2D eigenvalue weighted by Crippen LogP contribution is 2.31. The normalized spacial score (nSPS) is 11.6. The SMILES string of the molecule is Nc1cnc(C(F)(F)F)c(N)c1. The van der Waals surface area contributed by atoms with E-state index in [1.165, 1.54) is 0 Å². The van der Waals surface area contributed by atoms with Crippen LogP contribution in [0, 0.1) is 0 Å². The zero-order valence-corrected chi connectivity index (χ0v) is 5.89. The first-order valence-electron chi connectivity index (χ1n) is 2.99. The van der Waals surface area contributed by atoms with Gasteiger partial charge in [0.1, 0.15) is 0 Å². The van der Waals surface area contributed by atoms with E-state index in [4.69, 9.17) is 11.5 Å². The molecule has 1 aromatic rings. The van der Waals surface area contributed by atoms with Crippen molar-refractivity contribution in [2.24, 2.45) is 0 Å². The third-order valence-corrected chi connectivity index (χ3v) is 1.21. The molecule has 0 aliphatic carbocycles. The summed E-state index contributed by atoms with van der Waals surface area (Å²) in [4.78, 5) is 3.07. The van der Waals surface area contributed by atoms with Crippen molar-refractivity contribution < 1.29 is 13.2 Å². The maximum atomic E-state index is 12.0. The minimum absolute atomic E-state index is 0.112. The minimum atomic E-state index is -4.52. The quantitative estimate of drug-likeness (QED) is 0.627.